The van der Waals surface area contributed by atoms with Crippen LogP contribution in [0.15, 0.2) is 47.9 Å². The number of hydrogen-bond acceptors (Lipinski definition) is 3. The average molecular weight is 305 g/mol. The first-order valence-electron chi connectivity index (χ1n) is 7.19. The fraction of sp³-hybridized carbons (Fsp3) is 0.400. The number of nitrogens with zero attached hydrogens (tertiary/aromatic N) is 2. The second-order valence-corrected chi connectivity index (χ2v) is 7.36. The molecule has 1 aliphatic rings. The number of aromatic nitrogens is 2. The predicted molar refractivity (Wildman–Crippen MR) is 80.2 cm³/mol. The third kappa shape index (κ3) is 3.16. The van der Waals surface area contributed by atoms with Crippen LogP contribution in [0.25, 0.3) is 0 Å². The monoisotopic (exact) mass is 305 g/mol. The Bertz CT molecular complexity index is 660. The lowest BCUT2D eigenvalue weighted by molar-refractivity contribution is 0.272. The molecule has 5 nitrogen and oxygen atoms in total. The van der Waals surface area contributed by atoms with Gasteiger partial charge >= 0.3 is 0 Å². The van der Waals surface area contributed by atoms with Crippen LogP contribution in [0.3, 0.4) is 0 Å². The van der Waals surface area contributed by atoms with Gasteiger partial charge in [0.15, 0.2) is 5.03 Å². The summed E-state index contributed by atoms with van der Waals surface area (Å²) in [4.78, 5) is 6.48. The Balaban J connectivity index is 1.61. The van der Waals surface area contributed by atoms with E-state index in [1.807, 2.05) is 18.2 Å². The Hall–Kier alpha value is -1.66. The molecule has 2 aromatic rings. The summed E-state index contributed by atoms with van der Waals surface area (Å²) in [5.74, 6) is 0.556. The summed E-state index contributed by atoms with van der Waals surface area (Å²) in [6.07, 6.45) is 5.60. The van der Waals surface area contributed by atoms with Crippen molar-refractivity contribution < 1.29 is 8.42 Å². The minimum atomic E-state index is -3.40. The molecule has 21 heavy (non-hydrogen) atoms. The van der Waals surface area contributed by atoms with Crippen LogP contribution in [0.2, 0.25) is 0 Å². The third-order valence-corrected chi connectivity index (χ3v) is 5.86. The Labute approximate surface area is 125 Å². The van der Waals surface area contributed by atoms with Crippen LogP contribution in [0, 0.1) is 5.92 Å². The van der Waals surface area contributed by atoms with E-state index in [4.69, 9.17) is 0 Å². The predicted octanol–water partition coefficient (Wildman–Crippen LogP) is 2.05. The molecule has 6 heteroatoms. The van der Waals surface area contributed by atoms with Crippen LogP contribution < -0.4 is 0 Å². The molecule has 1 aromatic carbocycles. The Morgan fingerprint density at radius 1 is 1.19 bits per heavy atom. The molecule has 0 amide bonds. The van der Waals surface area contributed by atoms with Crippen molar-refractivity contribution >= 4 is 10.0 Å². The first-order chi connectivity index (χ1) is 10.2. The number of aromatic amines is 1. The highest BCUT2D eigenvalue weighted by molar-refractivity contribution is 7.89. The average Bonchev–Trinajstić information content (AvgIpc) is 3.04. The SMILES string of the molecule is O=S(=O)(c1cnc[nH]1)N1CCC(Cc2ccccc2)CC1. The molecular weight excluding hydrogens is 286 g/mol. The molecule has 1 aliphatic heterocycles. The fourth-order valence-electron chi connectivity index (χ4n) is 2.82. The van der Waals surface area contributed by atoms with E-state index in [1.54, 1.807) is 4.31 Å². The standard InChI is InChI=1S/C15H19N3O2S/c19-21(20,15-11-16-12-17-15)18-8-6-14(7-9-18)10-13-4-2-1-3-5-13/h1-5,11-12,14H,6-10H2,(H,16,17). The molecule has 1 saturated heterocycles. The maximum absolute atomic E-state index is 12.4. The van der Waals surface area contributed by atoms with Crippen molar-refractivity contribution in [3.8, 4) is 0 Å². The largest absolute Gasteiger partial charge is 0.335 e. The van der Waals surface area contributed by atoms with Crippen molar-refractivity contribution in [3.63, 3.8) is 0 Å². The lowest BCUT2D eigenvalue weighted by Gasteiger charge is -2.30. The van der Waals surface area contributed by atoms with E-state index >= 15 is 0 Å². The molecule has 2 heterocycles. The number of piperidine rings is 1. The van der Waals surface area contributed by atoms with E-state index in [1.165, 1.54) is 18.1 Å². The van der Waals surface area contributed by atoms with Gasteiger partial charge in [0.2, 0.25) is 0 Å². The summed E-state index contributed by atoms with van der Waals surface area (Å²) in [6, 6.07) is 10.4. The zero-order valence-electron chi connectivity index (χ0n) is 11.8. The highest BCUT2D eigenvalue weighted by atomic mass is 32.2. The van der Waals surface area contributed by atoms with Gasteiger partial charge in [-0.05, 0) is 30.7 Å². The normalized spacial score (nSPS) is 17.9. The van der Waals surface area contributed by atoms with Crippen LogP contribution in [0.4, 0.5) is 0 Å². The van der Waals surface area contributed by atoms with Gasteiger partial charge in [0.1, 0.15) is 0 Å². The van der Waals surface area contributed by atoms with E-state index in [9.17, 15) is 8.42 Å². The van der Waals surface area contributed by atoms with Gasteiger partial charge in [0, 0.05) is 13.1 Å². The van der Waals surface area contributed by atoms with Crippen LogP contribution in [0.1, 0.15) is 18.4 Å². The zero-order chi connectivity index (χ0) is 14.7. The molecule has 0 radical (unpaired) electrons. The van der Waals surface area contributed by atoms with Gasteiger partial charge < -0.3 is 4.98 Å². The van der Waals surface area contributed by atoms with Crippen molar-refractivity contribution in [2.24, 2.45) is 5.92 Å². The molecule has 1 N–H and O–H groups in total. The second-order valence-electron chi connectivity index (χ2n) is 5.45. The molecule has 112 valence electrons. The molecule has 3 rings (SSSR count). The second kappa shape index (κ2) is 5.99. The van der Waals surface area contributed by atoms with Crippen molar-refractivity contribution in [2.75, 3.05) is 13.1 Å². The van der Waals surface area contributed by atoms with Crippen LogP contribution in [-0.4, -0.2) is 35.8 Å². The Kier molecular flexibility index (Phi) is 4.07. The number of imidazole rings is 1. The maximum Gasteiger partial charge on any atom is 0.260 e. The topological polar surface area (TPSA) is 66.1 Å². The van der Waals surface area contributed by atoms with Crippen molar-refractivity contribution in [3.05, 3.63) is 48.4 Å². The van der Waals surface area contributed by atoms with E-state index in [0.717, 1.165) is 19.3 Å². The summed E-state index contributed by atoms with van der Waals surface area (Å²) in [5, 5.41) is 0.184. The molecular formula is C15H19N3O2S. The van der Waals surface area contributed by atoms with E-state index in [2.05, 4.69) is 22.1 Å². The van der Waals surface area contributed by atoms with Crippen molar-refractivity contribution in [1.82, 2.24) is 14.3 Å². The fourth-order valence-corrected chi connectivity index (χ4v) is 4.19. The van der Waals surface area contributed by atoms with Gasteiger partial charge in [-0.25, -0.2) is 13.4 Å². The Morgan fingerprint density at radius 2 is 1.90 bits per heavy atom. The van der Waals surface area contributed by atoms with E-state index in [-0.39, 0.29) is 5.03 Å². The van der Waals surface area contributed by atoms with Crippen molar-refractivity contribution in [2.45, 2.75) is 24.3 Å². The zero-order valence-corrected chi connectivity index (χ0v) is 12.6. The molecule has 0 aliphatic carbocycles. The summed E-state index contributed by atoms with van der Waals surface area (Å²) in [7, 11) is -3.40. The third-order valence-electron chi connectivity index (χ3n) is 4.03. The molecule has 0 unspecified atom stereocenters. The van der Waals surface area contributed by atoms with Crippen LogP contribution in [-0.2, 0) is 16.4 Å². The van der Waals surface area contributed by atoms with Gasteiger partial charge in [-0.2, -0.15) is 4.31 Å². The summed E-state index contributed by atoms with van der Waals surface area (Å²) < 4.78 is 26.3. The van der Waals surface area contributed by atoms with Gasteiger partial charge in [-0.3, -0.25) is 0 Å². The number of nitrogens with one attached hydrogen (secondary N) is 1. The lowest BCUT2D eigenvalue weighted by Crippen LogP contribution is -2.39. The first-order valence-corrected chi connectivity index (χ1v) is 8.63. The summed E-state index contributed by atoms with van der Waals surface area (Å²) in [6.45, 7) is 1.16. The van der Waals surface area contributed by atoms with Crippen LogP contribution in [0.5, 0.6) is 0 Å². The van der Waals surface area contributed by atoms with Gasteiger partial charge in [-0.15, -0.1) is 0 Å². The van der Waals surface area contributed by atoms with Gasteiger partial charge in [0.25, 0.3) is 10.0 Å². The number of hydrogen-bond donors (Lipinski definition) is 1. The molecule has 1 aromatic heterocycles. The van der Waals surface area contributed by atoms with Crippen molar-refractivity contribution in [1.29, 1.82) is 0 Å². The number of benzene rings is 1. The minimum absolute atomic E-state index is 0.184. The van der Waals surface area contributed by atoms with E-state index in [0.29, 0.717) is 19.0 Å². The van der Waals surface area contributed by atoms with Gasteiger partial charge in [0.05, 0.1) is 12.5 Å². The highest BCUT2D eigenvalue weighted by Gasteiger charge is 2.30. The minimum Gasteiger partial charge on any atom is -0.335 e. The number of sulfonamides is 1. The highest BCUT2D eigenvalue weighted by Crippen LogP contribution is 2.25. The lowest BCUT2D eigenvalue weighted by atomic mass is 9.91. The number of rotatable bonds is 4. The van der Waals surface area contributed by atoms with Crippen LogP contribution >= 0.6 is 0 Å². The van der Waals surface area contributed by atoms with Gasteiger partial charge in [-0.1, -0.05) is 30.3 Å². The Morgan fingerprint density at radius 3 is 2.52 bits per heavy atom. The molecule has 0 atom stereocenters. The molecule has 0 spiro atoms. The number of H-pyrrole nitrogens is 1. The smallest absolute Gasteiger partial charge is 0.260 e. The summed E-state index contributed by atoms with van der Waals surface area (Å²) >= 11 is 0. The maximum atomic E-state index is 12.4. The summed E-state index contributed by atoms with van der Waals surface area (Å²) in [5.41, 5.74) is 1.33. The first kappa shape index (κ1) is 14.3. The molecule has 0 bridgehead atoms. The molecule has 0 saturated carbocycles. The molecule has 1 fully saturated rings. The van der Waals surface area contributed by atoms with E-state index < -0.39 is 10.0 Å². The quantitative estimate of drug-likeness (QED) is 0.940.